The Balaban J connectivity index is 1.99. The first-order valence-corrected chi connectivity index (χ1v) is 7.13. The van der Waals surface area contributed by atoms with Crippen LogP contribution in [0.25, 0.3) is 0 Å². The lowest BCUT2D eigenvalue weighted by Crippen LogP contribution is -2.09. The number of carbonyl (C=O) groups excluding carboxylic acids is 1. The predicted molar refractivity (Wildman–Crippen MR) is 81.4 cm³/mol. The molecule has 0 saturated carbocycles. The van der Waals surface area contributed by atoms with E-state index < -0.39 is 11.8 Å². The predicted octanol–water partition coefficient (Wildman–Crippen LogP) is 5.07. The highest BCUT2D eigenvalue weighted by Gasteiger charge is 2.12. The van der Waals surface area contributed by atoms with E-state index in [1.165, 1.54) is 18.2 Å². The van der Waals surface area contributed by atoms with E-state index in [1.54, 1.807) is 18.2 Å². The molecule has 0 aliphatic carbocycles. The van der Waals surface area contributed by atoms with Gasteiger partial charge in [-0.3, -0.25) is 4.79 Å². The van der Waals surface area contributed by atoms with Gasteiger partial charge in [0.2, 0.25) is 0 Å². The fraction of sp³-hybridized carbons (Fsp3) is 0.133. The van der Waals surface area contributed by atoms with Crippen molar-refractivity contribution in [3.8, 4) is 0 Å². The molecule has 0 heterocycles. The lowest BCUT2D eigenvalue weighted by molar-refractivity contribution is -0.144. The molecule has 2 aromatic rings. The van der Waals surface area contributed by atoms with Gasteiger partial charge in [0.25, 0.3) is 0 Å². The summed E-state index contributed by atoms with van der Waals surface area (Å²) in [5.41, 5.74) is 0.736. The fourth-order valence-corrected chi connectivity index (χ4v) is 2.39. The lowest BCUT2D eigenvalue weighted by Gasteiger charge is -2.08. The molecule has 0 aromatic heterocycles. The second-order valence-electron chi connectivity index (χ2n) is 4.27. The number of esters is 1. The number of rotatable bonds is 4. The van der Waals surface area contributed by atoms with Crippen molar-refractivity contribution in [1.82, 2.24) is 0 Å². The average Bonchev–Trinajstić information content (AvgIpc) is 2.41. The zero-order chi connectivity index (χ0) is 15.4. The van der Waals surface area contributed by atoms with Crippen LogP contribution in [0.15, 0.2) is 36.4 Å². The second-order valence-corrected chi connectivity index (χ2v) is 5.52. The molecular formula is C15H10Cl3FO2. The van der Waals surface area contributed by atoms with Gasteiger partial charge in [-0.05, 0) is 29.8 Å². The van der Waals surface area contributed by atoms with Gasteiger partial charge in [-0.15, -0.1) is 0 Å². The number of benzene rings is 2. The van der Waals surface area contributed by atoms with E-state index in [2.05, 4.69) is 0 Å². The Kier molecular flexibility index (Phi) is 5.45. The molecule has 0 radical (unpaired) electrons. The van der Waals surface area contributed by atoms with Crippen molar-refractivity contribution in [3.63, 3.8) is 0 Å². The van der Waals surface area contributed by atoms with E-state index in [1.807, 2.05) is 0 Å². The first-order valence-electron chi connectivity index (χ1n) is 6.00. The Morgan fingerprint density at radius 3 is 2.52 bits per heavy atom. The van der Waals surface area contributed by atoms with E-state index in [-0.39, 0.29) is 23.6 Å². The third-order valence-electron chi connectivity index (χ3n) is 2.79. The van der Waals surface area contributed by atoms with Gasteiger partial charge < -0.3 is 4.74 Å². The number of hydrogen-bond acceptors (Lipinski definition) is 2. The van der Waals surface area contributed by atoms with Crippen LogP contribution in [-0.4, -0.2) is 5.97 Å². The molecule has 110 valence electrons. The molecule has 6 heteroatoms. The second kappa shape index (κ2) is 7.12. The smallest absolute Gasteiger partial charge is 0.310 e. The SMILES string of the molecule is O=C(Cc1ccc(Cl)cc1Cl)OCc1c(F)cccc1Cl. The number of halogens is 4. The van der Waals surface area contributed by atoms with Gasteiger partial charge in [-0.25, -0.2) is 4.39 Å². The average molecular weight is 348 g/mol. The maximum absolute atomic E-state index is 13.5. The molecule has 0 aliphatic heterocycles. The lowest BCUT2D eigenvalue weighted by atomic mass is 10.1. The normalized spacial score (nSPS) is 10.5. The van der Waals surface area contributed by atoms with Crippen LogP contribution in [0.5, 0.6) is 0 Å². The topological polar surface area (TPSA) is 26.3 Å². The van der Waals surface area contributed by atoms with Crippen LogP contribution < -0.4 is 0 Å². The molecule has 2 aromatic carbocycles. The minimum atomic E-state index is -0.529. The van der Waals surface area contributed by atoms with E-state index >= 15 is 0 Å². The van der Waals surface area contributed by atoms with Crippen molar-refractivity contribution in [1.29, 1.82) is 0 Å². The quantitative estimate of drug-likeness (QED) is 0.722. The zero-order valence-electron chi connectivity index (χ0n) is 10.7. The van der Waals surface area contributed by atoms with Crippen LogP contribution >= 0.6 is 34.8 Å². The summed E-state index contributed by atoms with van der Waals surface area (Å²) < 4.78 is 18.5. The largest absolute Gasteiger partial charge is 0.460 e. The first-order chi connectivity index (χ1) is 9.97. The molecule has 0 fully saturated rings. The monoisotopic (exact) mass is 346 g/mol. The summed E-state index contributed by atoms with van der Waals surface area (Å²) in [6, 6.07) is 9.08. The first kappa shape index (κ1) is 16.1. The minimum Gasteiger partial charge on any atom is -0.460 e. The molecule has 0 amide bonds. The van der Waals surface area contributed by atoms with Crippen LogP contribution in [0.3, 0.4) is 0 Å². The van der Waals surface area contributed by atoms with Crippen molar-refractivity contribution in [2.75, 3.05) is 0 Å². The van der Waals surface area contributed by atoms with Gasteiger partial charge in [-0.1, -0.05) is 46.9 Å². The molecule has 2 nitrogen and oxygen atoms in total. The molecule has 21 heavy (non-hydrogen) atoms. The van der Waals surface area contributed by atoms with Crippen molar-refractivity contribution in [2.24, 2.45) is 0 Å². The highest BCUT2D eigenvalue weighted by atomic mass is 35.5. The molecule has 0 unspecified atom stereocenters. The summed E-state index contributed by atoms with van der Waals surface area (Å²) in [6.07, 6.45) is -0.0257. The molecule has 0 bridgehead atoms. The Bertz CT molecular complexity index is 654. The third-order valence-corrected chi connectivity index (χ3v) is 3.73. The summed E-state index contributed by atoms with van der Waals surface area (Å²) in [4.78, 5) is 11.8. The zero-order valence-corrected chi connectivity index (χ0v) is 13.0. The van der Waals surface area contributed by atoms with E-state index in [4.69, 9.17) is 39.5 Å². The standard InChI is InChI=1S/C15H10Cl3FO2/c16-10-5-4-9(13(18)7-10)6-15(20)21-8-11-12(17)2-1-3-14(11)19/h1-5,7H,6,8H2. The van der Waals surface area contributed by atoms with E-state index in [0.717, 1.165) is 0 Å². The molecule has 0 spiro atoms. The van der Waals surface area contributed by atoms with Crippen LogP contribution in [0.4, 0.5) is 4.39 Å². The van der Waals surface area contributed by atoms with Crippen molar-refractivity contribution in [2.45, 2.75) is 13.0 Å². The molecule has 0 atom stereocenters. The maximum Gasteiger partial charge on any atom is 0.310 e. The molecule has 0 saturated heterocycles. The summed E-state index contributed by atoms with van der Waals surface area (Å²) in [6.45, 7) is -0.227. The summed E-state index contributed by atoms with van der Waals surface area (Å²) in [7, 11) is 0. The molecule has 2 rings (SSSR count). The van der Waals surface area contributed by atoms with Gasteiger partial charge in [0.05, 0.1) is 11.4 Å². The van der Waals surface area contributed by atoms with Crippen LogP contribution in [0.1, 0.15) is 11.1 Å². The van der Waals surface area contributed by atoms with Crippen molar-refractivity contribution >= 4 is 40.8 Å². The highest BCUT2D eigenvalue weighted by molar-refractivity contribution is 6.35. The third kappa shape index (κ3) is 4.34. The molecular weight excluding hydrogens is 338 g/mol. The number of carbonyl (C=O) groups is 1. The van der Waals surface area contributed by atoms with Gasteiger partial charge >= 0.3 is 5.97 Å². The minimum absolute atomic E-state index is 0.0257. The Morgan fingerprint density at radius 2 is 1.86 bits per heavy atom. The van der Waals surface area contributed by atoms with Gasteiger partial charge in [0, 0.05) is 15.6 Å². The van der Waals surface area contributed by atoms with E-state index in [0.29, 0.717) is 15.6 Å². The highest BCUT2D eigenvalue weighted by Crippen LogP contribution is 2.23. The summed E-state index contributed by atoms with van der Waals surface area (Å²) in [5, 5.41) is 1.07. The van der Waals surface area contributed by atoms with Crippen LogP contribution in [-0.2, 0) is 22.6 Å². The Morgan fingerprint density at radius 1 is 1.10 bits per heavy atom. The fourth-order valence-electron chi connectivity index (χ4n) is 1.69. The van der Waals surface area contributed by atoms with Gasteiger partial charge in [0.15, 0.2) is 0 Å². The number of ether oxygens (including phenoxy) is 1. The molecule has 0 aliphatic rings. The molecule has 0 N–H and O–H groups in total. The van der Waals surface area contributed by atoms with Gasteiger partial charge in [-0.2, -0.15) is 0 Å². The Labute approximate surface area is 136 Å². The maximum atomic E-state index is 13.5. The van der Waals surface area contributed by atoms with Crippen molar-refractivity contribution < 1.29 is 13.9 Å². The van der Waals surface area contributed by atoms with E-state index in [9.17, 15) is 9.18 Å². The van der Waals surface area contributed by atoms with Crippen LogP contribution in [0.2, 0.25) is 15.1 Å². The van der Waals surface area contributed by atoms with Gasteiger partial charge in [0.1, 0.15) is 12.4 Å². The van der Waals surface area contributed by atoms with Crippen LogP contribution in [0, 0.1) is 5.82 Å². The van der Waals surface area contributed by atoms with Crippen molar-refractivity contribution in [3.05, 3.63) is 68.4 Å². The Hall–Kier alpha value is -1.29. The summed E-state index contributed by atoms with van der Waals surface area (Å²) >= 11 is 17.6. The summed E-state index contributed by atoms with van der Waals surface area (Å²) in [5.74, 6) is -1.04. The number of hydrogen-bond donors (Lipinski definition) is 0.